The fourth-order valence-corrected chi connectivity index (χ4v) is 2.40. The van der Waals surface area contributed by atoms with E-state index in [1.807, 2.05) is 19.1 Å². The molecule has 4 nitrogen and oxygen atoms in total. The van der Waals surface area contributed by atoms with Gasteiger partial charge in [0.25, 0.3) is 5.91 Å². The fourth-order valence-electron chi connectivity index (χ4n) is 2.40. The lowest BCUT2D eigenvalue weighted by molar-refractivity contribution is -0.682. The van der Waals surface area contributed by atoms with Crippen molar-refractivity contribution in [3.8, 4) is 5.75 Å². The molecule has 6 heteroatoms. The Morgan fingerprint density at radius 2 is 2.00 bits per heavy atom. The van der Waals surface area contributed by atoms with Crippen LogP contribution in [0.4, 0.5) is 14.5 Å². The summed E-state index contributed by atoms with van der Waals surface area (Å²) in [5.41, 5.74) is 1.95. The Kier molecular flexibility index (Phi) is 5.87. The van der Waals surface area contributed by atoms with Gasteiger partial charge in [-0.1, -0.05) is 6.07 Å². The molecule has 0 radical (unpaired) electrons. The zero-order valence-corrected chi connectivity index (χ0v) is 13.9. The summed E-state index contributed by atoms with van der Waals surface area (Å²) in [6, 6.07) is 8.63. The number of ether oxygens (including phenoxy) is 1. The van der Waals surface area contributed by atoms with Crippen LogP contribution >= 0.6 is 0 Å². The number of anilines is 1. The molecule has 0 fully saturated rings. The van der Waals surface area contributed by atoms with Gasteiger partial charge in [0.05, 0.1) is 12.8 Å². The van der Waals surface area contributed by atoms with E-state index < -0.39 is 11.6 Å². The van der Waals surface area contributed by atoms with Gasteiger partial charge in [0.1, 0.15) is 23.4 Å². The highest BCUT2D eigenvalue weighted by Gasteiger charge is 2.16. The Balaban J connectivity index is 1.97. The minimum absolute atomic E-state index is 0.106. The average molecular weight is 335 g/mol. The third-order valence-corrected chi connectivity index (χ3v) is 3.74. The van der Waals surface area contributed by atoms with E-state index in [1.165, 1.54) is 19.2 Å². The maximum atomic E-state index is 13.7. The summed E-state index contributed by atoms with van der Waals surface area (Å²) in [6.07, 6.45) is 0. The first-order valence-electron chi connectivity index (χ1n) is 7.63. The third-order valence-electron chi connectivity index (χ3n) is 3.74. The summed E-state index contributed by atoms with van der Waals surface area (Å²) in [7, 11) is 1.53. The predicted octanol–water partition coefficient (Wildman–Crippen LogP) is 2.54. The van der Waals surface area contributed by atoms with Crippen molar-refractivity contribution in [1.29, 1.82) is 0 Å². The molecule has 0 unspecified atom stereocenters. The quantitative estimate of drug-likeness (QED) is 0.852. The number of methoxy groups -OCH3 is 1. The van der Waals surface area contributed by atoms with E-state index in [2.05, 4.69) is 5.32 Å². The monoisotopic (exact) mass is 335 g/mol. The van der Waals surface area contributed by atoms with Gasteiger partial charge < -0.3 is 15.4 Å². The molecule has 2 aromatic carbocycles. The lowest BCUT2D eigenvalue weighted by Gasteiger charge is -2.13. The van der Waals surface area contributed by atoms with Gasteiger partial charge in [-0.05, 0) is 43.7 Å². The highest BCUT2D eigenvalue weighted by atomic mass is 19.1. The van der Waals surface area contributed by atoms with Crippen LogP contribution in [0, 0.1) is 18.6 Å². The second kappa shape index (κ2) is 7.88. The molecule has 0 bridgehead atoms. The summed E-state index contributed by atoms with van der Waals surface area (Å²) in [6.45, 7) is 3.78. The number of hydrogen-bond acceptors (Lipinski definition) is 2. The highest BCUT2D eigenvalue weighted by molar-refractivity contribution is 5.93. The van der Waals surface area contributed by atoms with Gasteiger partial charge in [0, 0.05) is 11.6 Å². The van der Waals surface area contributed by atoms with Crippen molar-refractivity contribution < 1.29 is 23.6 Å². The van der Waals surface area contributed by atoms with Gasteiger partial charge >= 0.3 is 0 Å². The molecule has 0 spiro atoms. The molecule has 0 heterocycles. The SMILES string of the molecule is COc1ccc(C)cc1NC(=O)C[NH2+][C@H](C)c1ccc(F)cc1F. The van der Waals surface area contributed by atoms with Crippen LogP contribution in [0.15, 0.2) is 36.4 Å². The third kappa shape index (κ3) is 4.52. The zero-order chi connectivity index (χ0) is 17.7. The van der Waals surface area contributed by atoms with Crippen molar-refractivity contribution in [3.05, 3.63) is 59.2 Å². The number of quaternary nitrogens is 1. The molecule has 24 heavy (non-hydrogen) atoms. The Bertz CT molecular complexity index is 735. The van der Waals surface area contributed by atoms with Crippen LogP contribution in [0.1, 0.15) is 24.1 Å². The summed E-state index contributed by atoms with van der Waals surface area (Å²) < 4.78 is 31.9. The number of aryl methyl sites for hydroxylation is 1. The second-order valence-corrected chi connectivity index (χ2v) is 5.65. The summed E-state index contributed by atoms with van der Waals surface area (Å²) in [5, 5.41) is 4.47. The smallest absolute Gasteiger partial charge is 0.279 e. The van der Waals surface area contributed by atoms with E-state index in [-0.39, 0.29) is 18.5 Å². The predicted molar refractivity (Wildman–Crippen MR) is 87.9 cm³/mol. The number of halogens is 2. The fraction of sp³-hybridized carbons (Fsp3) is 0.278. The lowest BCUT2D eigenvalue weighted by atomic mass is 10.1. The van der Waals surface area contributed by atoms with E-state index in [0.717, 1.165) is 11.6 Å². The maximum absolute atomic E-state index is 13.7. The summed E-state index contributed by atoms with van der Waals surface area (Å²) in [5.74, 6) is -0.882. The Morgan fingerprint density at radius 3 is 2.67 bits per heavy atom. The molecule has 128 valence electrons. The molecule has 0 aromatic heterocycles. The first-order valence-corrected chi connectivity index (χ1v) is 7.63. The zero-order valence-electron chi connectivity index (χ0n) is 13.9. The Morgan fingerprint density at radius 1 is 1.25 bits per heavy atom. The number of carbonyl (C=O) groups is 1. The van der Waals surface area contributed by atoms with Crippen molar-refractivity contribution in [2.75, 3.05) is 19.0 Å². The minimum atomic E-state index is -0.618. The number of amides is 1. The molecule has 1 amide bonds. The molecule has 0 aliphatic heterocycles. The van der Waals surface area contributed by atoms with E-state index >= 15 is 0 Å². The van der Waals surface area contributed by atoms with Gasteiger partial charge in [-0.3, -0.25) is 4.79 Å². The van der Waals surface area contributed by atoms with Gasteiger partial charge in [0.2, 0.25) is 0 Å². The molecular weight excluding hydrogens is 314 g/mol. The summed E-state index contributed by atoms with van der Waals surface area (Å²) in [4.78, 5) is 12.1. The average Bonchev–Trinajstić information content (AvgIpc) is 2.53. The van der Waals surface area contributed by atoms with Crippen LogP contribution in [0.5, 0.6) is 5.75 Å². The van der Waals surface area contributed by atoms with E-state index in [4.69, 9.17) is 4.74 Å². The molecule has 0 saturated heterocycles. The van der Waals surface area contributed by atoms with Crippen LogP contribution in [-0.4, -0.2) is 19.6 Å². The molecule has 0 aliphatic rings. The standard InChI is InChI=1S/C18H20F2N2O2/c1-11-4-7-17(24-3)16(8-11)22-18(23)10-21-12(2)14-6-5-13(19)9-15(14)20/h4-9,12,21H,10H2,1-3H3,(H,22,23)/p+1/t12-/m1/s1. The molecule has 0 aliphatic carbocycles. The second-order valence-electron chi connectivity index (χ2n) is 5.65. The van der Waals surface area contributed by atoms with Crippen LogP contribution in [0.2, 0.25) is 0 Å². The first kappa shape index (κ1) is 17.9. The van der Waals surface area contributed by atoms with Crippen molar-refractivity contribution in [3.63, 3.8) is 0 Å². The Labute approximate surface area is 139 Å². The molecule has 1 atom stereocenters. The van der Waals surface area contributed by atoms with E-state index in [9.17, 15) is 13.6 Å². The normalized spacial score (nSPS) is 11.9. The van der Waals surface area contributed by atoms with Crippen molar-refractivity contribution in [2.45, 2.75) is 19.9 Å². The van der Waals surface area contributed by atoms with Gasteiger partial charge in [0.15, 0.2) is 6.54 Å². The van der Waals surface area contributed by atoms with Crippen LogP contribution in [-0.2, 0) is 4.79 Å². The van der Waals surface area contributed by atoms with Gasteiger partial charge in [-0.25, -0.2) is 8.78 Å². The van der Waals surface area contributed by atoms with Crippen LogP contribution < -0.4 is 15.4 Å². The van der Waals surface area contributed by atoms with Crippen LogP contribution in [0.25, 0.3) is 0 Å². The highest BCUT2D eigenvalue weighted by Crippen LogP contribution is 2.24. The molecule has 3 N–H and O–H groups in total. The summed E-state index contributed by atoms with van der Waals surface area (Å²) >= 11 is 0. The molecule has 2 rings (SSSR count). The van der Waals surface area contributed by atoms with Gasteiger partial charge in [-0.15, -0.1) is 0 Å². The van der Waals surface area contributed by atoms with E-state index in [0.29, 0.717) is 17.0 Å². The number of hydrogen-bond donors (Lipinski definition) is 2. The number of carbonyl (C=O) groups excluding carboxylic acids is 1. The number of rotatable bonds is 6. The Hall–Kier alpha value is -2.47. The van der Waals surface area contributed by atoms with Crippen molar-refractivity contribution in [1.82, 2.24) is 0 Å². The number of nitrogens with two attached hydrogens (primary N) is 1. The molecule has 2 aromatic rings. The molecule has 0 saturated carbocycles. The maximum Gasteiger partial charge on any atom is 0.279 e. The number of benzene rings is 2. The molecular formula is C18H21F2N2O2+. The first-order chi connectivity index (χ1) is 11.4. The van der Waals surface area contributed by atoms with Crippen molar-refractivity contribution in [2.24, 2.45) is 0 Å². The van der Waals surface area contributed by atoms with Gasteiger partial charge in [-0.2, -0.15) is 0 Å². The van der Waals surface area contributed by atoms with Crippen molar-refractivity contribution >= 4 is 11.6 Å². The number of nitrogens with one attached hydrogen (secondary N) is 1. The topological polar surface area (TPSA) is 54.9 Å². The lowest BCUT2D eigenvalue weighted by Crippen LogP contribution is -2.86. The van der Waals surface area contributed by atoms with Crippen LogP contribution in [0.3, 0.4) is 0 Å². The largest absolute Gasteiger partial charge is 0.495 e. The minimum Gasteiger partial charge on any atom is -0.495 e. The van der Waals surface area contributed by atoms with E-state index in [1.54, 1.807) is 18.3 Å².